The third-order valence-corrected chi connectivity index (χ3v) is 7.86. The smallest absolute Gasteiger partial charge is 0.420 e. The van der Waals surface area contributed by atoms with Crippen LogP contribution < -0.4 is 4.74 Å². The number of alkyl halides is 3. The van der Waals surface area contributed by atoms with Gasteiger partial charge in [0.05, 0.1) is 12.0 Å². The lowest BCUT2D eigenvalue weighted by molar-refractivity contribution is -0.143. The average molecular weight is 478 g/mol. The van der Waals surface area contributed by atoms with Crippen molar-refractivity contribution in [1.29, 1.82) is 0 Å². The Balaban J connectivity index is 1.61. The number of nitrogens with zero attached hydrogens (tertiary/aromatic N) is 1. The molecule has 2 fully saturated rings. The van der Waals surface area contributed by atoms with Crippen LogP contribution in [0, 0.1) is 11.8 Å². The molecule has 2 aromatic rings. The van der Waals surface area contributed by atoms with E-state index in [-0.39, 0.29) is 29.2 Å². The van der Waals surface area contributed by atoms with Crippen LogP contribution in [0.2, 0.25) is 0 Å². The van der Waals surface area contributed by atoms with Crippen molar-refractivity contribution in [3.63, 3.8) is 0 Å². The molecule has 7 heteroatoms. The number of rotatable bonds is 6. The Morgan fingerprint density at radius 1 is 1.09 bits per heavy atom. The normalized spacial score (nSPS) is 23.7. The fourth-order valence-electron chi connectivity index (χ4n) is 5.55. The van der Waals surface area contributed by atoms with Crippen molar-refractivity contribution in [2.24, 2.45) is 11.8 Å². The van der Waals surface area contributed by atoms with Gasteiger partial charge in [-0.3, -0.25) is 9.69 Å². The first-order valence-electron chi connectivity index (χ1n) is 12.4. The van der Waals surface area contributed by atoms with Crippen LogP contribution in [-0.4, -0.2) is 35.2 Å². The van der Waals surface area contributed by atoms with E-state index >= 15 is 0 Å². The molecule has 4 rings (SSSR count). The van der Waals surface area contributed by atoms with E-state index in [1.54, 1.807) is 18.2 Å². The van der Waals surface area contributed by atoms with E-state index in [1.165, 1.54) is 6.07 Å². The topological polar surface area (TPSA) is 49.8 Å². The molecule has 0 bridgehead atoms. The number of halogens is 3. The number of hydrogen-bond donors (Lipinski definition) is 1. The molecule has 34 heavy (non-hydrogen) atoms. The third kappa shape index (κ3) is 5.35. The van der Waals surface area contributed by atoms with E-state index in [0.717, 1.165) is 37.7 Å². The van der Waals surface area contributed by atoms with Crippen LogP contribution in [0.1, 0.15) is 76.0 Å². The summed E-state index contributed by atoms with van der Waals surface area (Å²) in [5.74, 6) is -0.553. The molecule has 4 nitrogen and oxygen atoms in total. The summed E-state index contributed by atoms with van der Waals surface area (Å²) in [5, 5.41) is 9.94. The maximum Gasteiger partial charge on any atom is 0.420 e. The molecular formula is C27H34F3NO3. The van der Waals surface area contributed by atoms with E-state index in [0.29, 0.717) is 37.2 Å². The molecule has 1 saturated heterocycles. The molecule has 0 amide bonds. The number of ether oxygens (including phenoxy) is 1. The number of aliphatic carboxylic acids is 1. The first-order valence-corrected chi connectivity index (χ1v) is 12.4. The van der Waals surface area contributed by atoms with Crippen LogP contribution in [0.5, 0.6) is 5.75 Å². The van der Waals surface area contributed by atoms with Gasteiger partial charge in [-0.1, -0.05) is 31.5 Å². The highest BCUT2D eigenvalue weighted by Gasteiger charge is 2.38. The molecule has 2 aliphatic rings. The second-order valence-corrected chi connectivity index (χ2v) is 9.91. The van der Waals surface area contributed by atoms with Gasteiger partial charge in [-0.25, -0.2) is 0 Å². The number of benzene rings is 2. The second-order valence-electron chi connectivity index (χ2n) is 9.91. The summed E-state index contributed by atoms with van der Waals surface area (Å²) in [6.45, 7) is 5.36. The number of likely N-dealkylation sites (tertiary alicyclic amines) is 1. The lowest BCUT2D eigenvalue weighted by atomic mass is 9.86. The van der Waals surface area contributed by atoms with E-state index < -0.39 is 17.7 Å². The van der Waals surface area contributed by atoms with Crippen LogP contribution in [0.4, 0.5) is 13.2 Å². The van der Waals surface area contributed by atoms with Crippen LogP contribution in [0.3, 0.4) is 0 Å². The van der Waals surface area contributed by atoms with Gasteiger partial charge < -0.3 is 9.84 Å². The molecule has 1 unspecified atom stereocenters. The number of carboxylic acids is 1. The van der Waals surface area contributed by atoms with Crippen LogP contribution in [0.25, 0.3) is 10.8 Å². The zero-order chi connectivity index (χ0) is 24.5. The van der Waals surface area contributed by atoms with Gasteiger partial charge in [0.25, 0.3) is 0 Å². The van der Waals surface area contributed by atoms with Gasteiger partial charge in [-0.15, -0.1) is 0 Å². The van der Waals surface area contributed by atoms with Gasteiger partial charge in [0.1, 0.15) is 11.3 Å². The highest BCUT2D eigenvalue weighted by atomic mass is 19.4. The minimum atomic E-state index is -4.53. The first-order chi connectivity index (χ1) is 16.2. The number of fused-ring (bicyclic) bond motifs is 1. The number of carboxylic acid groups (broad SMARTS) is 1. The Bertz CT molecular complexity index is 1010. The standard InChI is InChI=1S/C27H34F3NO3/c1-3-18-4-9-22(10-5-18)34-24-11-8-19-6-7-21(16-23(19)25(24)27(28,29)30)17(2)31-14-12-20(13-15-31)26(32)33/h6-8,11,16-18,20,22H,3-5,9-10,12-15H2,1-2H3,(H,32,33)/t17?,18-,22+. The molecule has 1 heterocycles. The molecule has 1 aliphatic heterocycles. The van der Waals surface area contributed by atoms with E-state index in [9.17, 15) is 23.1 Å². The van der Waals surface area contributed by atoms with Crippen molar-refractivity contribution >= 4 is 16.7 Å². The Hall–Kier alpha value is -2.28. The monoisotopic (exact) mass is 477 g/mol. The fraction of sp³-hybridized carbons (Fsp3) is 0.593. The van der Waals surface area contributed by atoms with Crippen molar-refractivity contribution in [2.45, 2.75) is 77.1 Å². The van der Waals surface area contributed by atoms with Crippen LogP contribution in [0.15, 0.2) is 30.3 Å². The van der Waals surface area contributed by atoms with E-state index in [2.05, 4.69) is 11.8 Å². The maximum atomic E-state index is 14.3. The molecule has 1 N–H and O–H groups in total. The molecule has 0 spiro atoms. The molecule has 0 radical (unpaired) electrons. The van der Waals surface area contributed by atoms with Crippen molar-refractivity contribution in [3.8, 4) is 5.75 Å². The Labute approximate surface area is 199 Å². The predicted octanol–water partition coefficient (Wildman–Crippen LogP) is 7.06. The summed E-state index contributed by atoms with van der Waals surface area (Å²) in [7, 11) is 0. The fourth-order valence-corrected chi connectivity index (χ4v) is 5.55. The summed E-state index contributed by atoms with van der Waals surface area (Å²) >= 11 is 0. The summed E-state index contributed by atoms with van der Waals surface area (Å²) in [6, 6.07) is 8.35. The minimum Gasteiger partial charge on any atom is -0.490 e. The highest BCUT2D eigenvalue weighted by Crippen LogP contribution is 2.43. The van der Waals surface area contributed by atoms with Gasteiger partial charge in [-0.2, -0.15) is 13.2 Å². The van der Waals surface area contributed by atoms with Crippen LogP contribution >= 0.6 is 0 Å². The lowest BCUT2D eigenvalue weighted by Gasteiger charge is -2.35. The number of hydrogen-bond acceptors (Lipinski definition) is 3. The van der Waals surface area contributed by atoms with Gasteiger partial charge in [0.15, 0.2) is 0 Å². The van der Waals surface area contributed by atoms with E-state index in [4.69, 9.17) is 4.74 Å². The largest absolute Gasteiger partial charge is 0.490 e. The Morgan fingerprint density at radius 2 is 1.74 bits per heavy atom. The quantitative estimate of drug-likeness (QED) is 0.484. The van der Waals surface area contributed by atoms with Gasteiger partial charge in [0.2, 0.25) is 0 Å². The van der Waals surface area contributed by atoms with Crippen molar-refractivity contribution in [2.75, 3.05) is 13.1 Å². The van der Waals surface area contributed by atoms with Crippen molar-refractivity contribution < 1.29 is 27.8 Å². The molecule has 1 atom stereocenters. The molecule has 2 aromatic carbocycles. The molecule has 1 aliphatic carbocycles. The van der Waals surface area contributed by atoms with Gasteiger partial charge in [0, 0.05) is 6.04 Å². The lowest BCUT2D eigenvalue weighted by Crippen LogP contribution is -2.37. The predicted molar refractivity (Wildman–Crippen MR) is 126 cm³/mol. The van der Waals surface area contributed by atoms with Gasteiger partial charge >= 0.3 is 12.1 Å². The second kappa shape index (κ2) is 10.1. The summed E-state index contributed by atoms with van der Waals surface area (Å²) in [4.78, 5) is 13.4. The average Bonchev–Trinajstić information content (AvgIpc) is 2.82. The number of carbonyl (C=O) groups is 1. The zero-order valence-corrected chi connectivity index (χ0v) is 19.9. The van der Waals surface area contributed by atoms with Crippen molar-refractivity contribution in [1.82, 2.24) is 4.90 Å². The summed E-state index contributed by atoms with van der Waals surface area (Å²) < 4.78 is 48.9. The zero-order valence-electron chi connectivity index (χ0n) is 19.9. The third-order valence-electron chi connectivity index (χ3n) is 7.86. The van der Waals surface area contributed by atoms with Crippen LogP contribution in [-0.2, 0) is 11.0 Å². The van der Waals surface area contributed by atoms with E-state index in [1.807, 2.05) is 13.0 Å². The highest BCUT2D eigenvalue weighted by molar-refractivity contribution is 5.89. The minimum absolute atomic E-state index is 0.0768. The van der Waals surface area contributed by atoms with Crippen molar-refractivity contribution in [3.05, 3.63) is 41.5 Å². The molecule has 186 valence electrons. The summed E-state index contributed by atoms with van der Waals surface area (Å²) in [6.07, 6.45) is 1.07. The number of piperidine rings is 1. The Morgan fingerprint density at radius 3 is 2.32 bits per heavy atom. The maximum absolute atomic E-state index is 14.3. The SMILES string of the molecule is CC[C@H]1CC[C@@H](Oc2ccc3ccc(C(C)N4CCC(C(=O)O)CC4)cc3c2C(F)(F)F)CC1. The van der Waals surface area contributed by atoms with Gasteiger partial charge in [-0.05, 0) is 92.9 Å². The first kappa shape index (κ1) is 24.8. The molecular weight excluding hydrogens is 443 g/mol. The summed E-state index contributed by atoms with van der Waals surface area (Å²) in [5.41, 5.74) is 0.105. The Kier molecular flexibility index (Phi) is 7.41. The molecule has 1 saturated carbocycles. The molecule has 0 aromatic heterocycles.